The van der Waals surface area contributed by atoms with E-state index in [1.807, 2.05) is 13.8 Å². The molecule has 0 aromatic rings. The molecule has 42 heavy (non-hydrogen) atoms. The van der Waals surface area contributed by atoms with Crippen molar-refractivity contribution < 1.29 is 33.4 Å². The summed E-state index contributed by atoms with van der Waals surface area (Å²) in [5.74, 6) is -1.47. The van der Waals surface area contributed by atoms with Crippen LogP contribution in [0.1, 0.15) is 107 Å². The van der Waals surface area contributed by atoms with E-state index >= 15 is 0 Å². The van der Waals surface area contributed by atoms with Crippen molar-refractivity contribution in [2.45, 2.75) is 130 Å². The number of amides is 4. The SMILES string of the molecule is CCCCN(CC(=O)N1CCC[C@@H]1C(=O)OC(C)(C)C)C(=O)N(CCCC)CC(=O)N1CCC[C@@H]1C(=O)OC(C)(C)C. The van der Waals surface area contributed by atoms with Gasteiger partial charge in [-0.05, 0) is 80.1 Å². The lowest BCUT2D eigenvalue weighted by molar-refractivity contribution is -0.163. The number of ether oxygens (including phenoxy) is 2. The first-order valence-corrected chi connectivity index (χ1v) is 15.7. The summed E-state index contributed by atoms with van der Waals surface area (Å²) < 4.78 is 11.1. The van der Waals surface area contributed by atoms with Gasteiger partial charge in [-0.2, -0.15) is 0 Å². The summed E-state index contributed by atoms with van der Waals surface area (Å²) in [5.41, 5.74) is -1.33. The minimum atomic E-state index is -0.669. The van der Waals surface area contributed by atoms with E-state index in [1.54, 1.807) is 41.5 Å². The molecule has 4 amide bonds. The van der Waals surface area contributed by atoms with Crippen molar-refractivity contribution in [2.75, 3.05) is 39.3 Å². The molecule has 11 heteroatoms. The summed E-state index contributed by atoms with van der Waals surface area (Å²) in [6.45, 7) is 16.0. The van der Waals surface area contributed by atoms with Gasteiger partial charge in [0.25, 0.3) is 0 Å². The molecule has 2 aliphatic heterocycles. The Balaban J connectivity index is 2.18. The van der Waals surface area contributed by atoms with Gasteiger partial charge >= 0.3 is 18.0 Å². The van der Waals surface area contributed by atoms with Crippen LogP contribution in [0.25, 0.3) is 0 Å². The molecule has 11 nitrogen and oxygen atoms in total. The van der Waals surface area contributed by atoms with Crippen LogP contribution in [0.2, 0.25) is 0 Å². The average Bonchev–Trinajstić information content (AvgIpc) is 3.57. The smallest absolute Gasteiger partial charge is 0.329 e. The Bertz CT molecular complexity index is 882. The zero-order valence-corrected chi connectivity index (χ0v) is 27.2. The number of unbranched alkanes of at least 4 members (excludes halogenated alkanes) is 2. The van der Waals surface area contributed by atoms with Gasteiger partial charge in [-0.15, -0.1) is 0 Å². The first-order chi connectivity index (χ1) is 19.6. The summed E-state index contributed by atoms with van der Waals surface area (Å²) in [6.07, 6.45) is 5.44. The summed E-state index contributed by atoms with van der Waals surface area (Å²) >= 11 is 0. The van der Waals surface area contributed by atoms with Gasteiger partial charge in [0.15, 0.2) is 0 Å². The van der Waals surface area contributed by atoms with Crippen LogP contribution in [0.3, 0.4) is 0 Å². The number of likely N-dealkylation sites (tertiary alicyclic amines) is 2. The number of carbonyl (C=O) groups excluding carboxylic acids is 5. The largest absolute Gasteiger partial charge is 0.458 e. The van der Waals surface area contributed by atoms with Gasteiger partial charge in [0.2, 0.25) is 11.8 Å². The number of rotatable bonds is 12. The number of esters is 2. The predicted molar refractivity (Wildman–Crippen MR) is 160 cm³/mol. The van der Waals surface area contributed by atoms with E-state index in [0.717, 1.165) is 12.8 Å². The second-order valence-corrected chi connectivity index (χ2v) is 13.4. The standard InChI is InChI=1S/C31H54N4O7/c1-9-11-17-32(21-25(36)34-19-13-15-23(34)27(38)41-30(3,4)5)29(40)33(18-12-10-2)22-26(37)35-20-14-16-24(35)28(39)42-31(6,7)8/h23-24H,9-22H2,1-8H3/t23-,24-/m1/s1. The zero-order valence-electron chi connectivity index (χ0n) is 27.2. The molecule has 2 atom stereocenters. The van der Waals surface area contributed by atoms with E-state index in [0.29, 0.717) is 64.7 Å². The number of urea groups is 1. The van der Waals surface area contributed by atoms with Crippen molar-refractivity contribution in [1.29, 1.82) is 0 Å². The van der Waals surface area contributed by atoms with Crippen molar-refractivity contribution in [2.24, 2.45) is 0 Å². The summed E-state index contributed by atoms with van der Waals surface area (Å²) in [6, 6.07) is -1.73. The van der Waals surface area contributed by atoms with Crippen molar-refractivity contribution >= 4 is 29.8 Å². The van der Waals surface area contributed by atoms with E-state index < -0.39 is 35.2 Å². The fraction of sp³-hybridized carbons (Fsp3) is 0.839. The van der Waals surface area contributed by atoms with Crippen LogP contribution in [-0.2, 0) is 28.7 Å². The maximum atomic E-state index is 13.9. The lowest BCUT2D eigenvalue weighted by Crippen LogP contribution is -2.53. The molecule has 0 aromatic carbocycles. The third-order valence-corrected chi connectivity index (χ3v) is 7.26. The van der Waals surface area contributed by atoms with E-state index in [4.69, 9.17) is 9.47 Å². The topological polar surface area (TPSA) is 117 Å². The summed E-state index contributed by atoms with van der Waals surface area (Å²) in [4.78, 5) is 72.5. The van der Waals surface area contributed by atoms with Crippen LogP contribution in [0.15, 0.2) is 0 Å². The molecular weight excluding hydrogens is 540 g/mol. The van der Waals surface area contributed by atoms with Gasteiger partial charge < -0.3 is 29.1 Å². The molecule has 2 fully saturated rings. The van der Waals surface area contributed by atoms with E-state index in [1.165, 1.54) is 19.6 Å². The predicted octanol–water partition coefficient (Wildman–Crippen LogP) is 3.98. The fourth-order valence-corrected chi connectivity index (χ4v) is 5.25. The van der Waals surface area contributed by atoms with Crippen LogP contribution in [0.5, 0.6) is 0 Å². The molecule has 2 saturated heterocycles. The highest BCUT2D eigenvalue weighted by Crippen LogP contribution is 2.23. The Morgan fingerprint density at radius 1 is 0.667 bits per heavy atom. The second-order valence-electron chi connectivity index (χ2n) is 13.4. The third-order valence-electron chi connectivity index (χ3n) is 7.26. The average molecular weight is 595 g/mol. The van der Waals surface area contributed by atoms with Gasteiger partial charge in [-0.3, -0.25) is 9.59 Å². The second kappa shape index (κ2) is 15.6. The Hall–Kier alpha value is -2.85. The van der Waals surface area contributed by atoms with Gasteiger partial charge in [0, 0.05) is 26.2 Å². The van der Waals surface area contributed by atoms with Crippen LogP contribution >= 0.6 is 0 Å². The molecular formula is C31H54N4O7. The first-order valence-electron chi connectivity index (χ1n) is 15.7. The van der Waals surface area contributed by atoms with Crippen LogP contribution < -0.4 is 0 Å². The highest BCUT2D eigenvalue weighted by Gasteiger charge is 2.40. The Morgan fingerprint density at radius 3 is 1.33 bits per heavy atom. The lowest BCUT2D eigenvalue weighted by Gasteiger charge is -2.34. The van der Waals surface area contributed by atoms with Gasteiger partial charge in [0.05, 0.1) is 0 Å². The van der Waals surface area contributed by atoms with Gasteiger partial charge in [0.1, 0.15) is 36.4 Å². The molecule has 0 aromatic heterocycles. The molecule has 2 aliphatic rings. The Kier molecular flexibility index (Phi) is 13.1. The van der Waals surface area contributed by atoms with E-state index in [2.05, 4.69) is 0 Å². The lowest BCUT2D eigenvalue weighted by atomic mass is 10.1. The van der Waals surface area contributed by atoms with Crippen LogP contribution in [0, 0.1) is 0 Å². The number of nitrogens with zero attached hydrogens (tertiary/aromatic N) is 4. The minimum Gasteiger partial charge on any atom is -0.458 e. The molecule has 0 N–H and O–H groups in total. The van der Waals surface area contributed by atoms with Crippen molar-refractivity contribution in [3.63, 3.8) is 0 Å². The number of carbonyl (C=O) groups is 5. The van der Waals surface area contributed by atoms with E-state index in [9.17, 15) is 24.0 Å². The highest BCUT2D eigenvalue weighted by molar-refractivity contribution is 5.91. The van der Waals surface area contributed by atoms with Gasteiger partial charge in [-0.1, -0.05) is 26.7 Å². The molecule has 2 heterocycles. The maximum Gasteiger partial charge on any atom is 0.329 e. The summed E-state index contributed by atoms with van der Waals surface area (Å²) in [5, 5.41) is 0. The van der Waals surface area contributed by atoms with Crippen molar-refractivity contribution in [3.8, 4) is 0 Å². The summed E-state index contributed by atoms with van der Waals surface area (Å²) in [7, 11) is 0. The Morgan fingerprint density at radius 2 is 1.02 bits per heavy atom. The monoisotopic (exact) mass is 594 g/mol. The van der Waals surface area contributed by atoms with E-state index in [-0.39, 0.29) is 30.9 Å². The van der Waals surface area contributed by atoms with Crippen molar-refractivity contribution in [3.05, 3.63) is 0 Å². The molecule has 0 aliphatic carbocycles. The molecule has 0 bridgehead atoms. The zero-order chi connectivity index (χ0) is 31.7. The quantitative estimate of drug-likeness (QED) is 0.314. The third kappa shape index (κ3) is 10.8. The number of hydrogen-bond donors (Lipinski definition) is 0. The molecule has 0 unspecified atom stereocenters. The highest BCUT2D eigenvalue weighted by atomic mass is 16.6. The van der Waals surface area contributed by atoms with Crippen LogP contribution in [-0.4, -0.2) is 112 Å². The van der Waals surface area contributed by atoms with Crippen LogP contribution in [0.4, 0.5) is 4.79 Å². The van der Waals surface area contributed by atoms with Crippen molar-refractivity contribution in [1.82, 2.24) is 19.6 Å². The minimum absolute atomic E-state index is 0.181. The molecule has 0 saturated carbocycles. The first kappa shape index (κ1) is 35.3. The fourth-order valence-electron chi connectivity index (χ4n) is 5.25. The van der Waals surface area contributed by atoms with Gasteiger partial charge in [-0.25, -0.2) is 14.4 Å². The molecule has 240 valence electrons. The Labute approximate surface area is 252 Å². The maximum absolute atomic E-state index is 13.9. The number of hydrogen-bond acceptors (Lipinski definition) is 7. The molecule has 0 spiro atoms. The normalized spacial score (nSPS) is 19.0. The molecule has 2 rings (SSSR count). The molecule has 0 radical (unpaired) electrons.